The van der Waals surface area contributed by atoms with Gasteiger partial charge in [-0.05, 0) is 44.7 Å². The Morgan fingerprint density at radius 1 is 1.37 bits per heavy atom. The molecule has 1 fully saturated rings. The van der Waals surface area contributed by atoms with Crippen molar-refractivity contribution in [3.8, 4) is 11.5 Å². The number of methoxy groups -OCH3 is 1. The van der Waals surface area contributed by atoms with Gasteiger partial charge in [-0.25, -0.2) is 0 Å². The molecule has 6 nitrogen and oxygen atoms in total. The second-order valence-electron chi connectivity index (χ2n) is 7.63. The van der Waals surface area contributed by atoms with Crippen LogP contribution in [0.3, 0.4) is 0 Å². The largest absolute Gasteiger partial charge is 0.493 e. The van der Waals surface area contributed by atoms with Crippen molar-refractivity contribution in [3.63, 3.8) is 0 Å². The quantitative estimate of drug-likeness (QED) is 0.813. The minimum absolute atomic E-state index is 0.150. The number of carbonyl (C=O) groups is 1. The Morgan fingerprint density at radius 3 is 2.78 bits per heavy atom. The van der Waals surface area contributed by atoms with Crippen LogP contribution in [0.4, 0.5) is 0 Å². The summed E-state index contributed by atoms with van der Waals surface area (Å²) in [5.41, 5.74) is 4.34. The van der Waals surface area contributed by atoms with Gasteiger partial charge >= 0.3 is 0 Å². The highest BCUT2D eigenvalue weighted by atomic mass is 16.5. The number of nitrogens with zero attached hydrogens (tertiary/aromatic N) is 3. The molecule has 0 spiro atoms. The van der Waals surface area contributed by atoms with E-state index in [9.17, 15) is 4.79 Å². The molecule has 1 aliphatic carbocycles. The molecule has 0 saturated heterocycles. The van der Waals surface area contributed by atoms with Crippen LogP contribution in [0.5, 0.6) is 11.5 Å². The average Bonchev–Trinajstić information content (AvgIpc) is 3.48. The van der Waals surface area contributed by atoms with E-state index in [0.717, 1.165) is 46.9 Å². The lowest BCUT2D eigenvalue weighted by atomic mass is 9.94. The van der Waals surface area contributed by atoms with Gasteiger partial charge in [-0.2, -0.15) is 5.10 Å². The first-order chi connectivity index (χ1) is 13.0. The van der Waals surface area contributed by atoms with Crippen LogP contribution in [0.25, 0.3) is 0 Å². The van der Waals surface area contributed by atoms with Crippen molar-refractivity contribution < 1.29 is 14.3 Å². The summed E-state index contributed by atoms with van der Waals surface area (Å²) in [4.78, 5) is 15.4. The van der Waals surface area contributed by atoms with Crippen molar-refractivity contribution in [2.24, 2.45) is 13.0 Å². The van der Waals surface area contributed by atoms with E-state index in [2.05, 4.69) is 16.9 Å². The molecule has 0 unspecified atom stereocenters. The summed E-state index contributed by atoms with van der Waals surface area (Å²) in [6.07, 6.45) is 2.86. The van der Waals surface area contributed by atoms with Crippen LogP contribution in [0.2, 0.25) is 0 Å². The molecule has 1 aromatic carbocycles. The van der Waals surface area contributed by atoms with E-state index in [1.54, 1.807) is 7.11 Å². The highest BCUT2D eigenvalue weighted by Crippen LogP contribution is 2.38. The molecule has 1 aliphatic heterocycles. The van der Waals surface area contributed by atoms with Crippen molar-refractivity contribution in [1.29, 1.82) is 0 Å². The second kappa shape index (κ2) is 6.91. The lowest BCUT2D eigenvalue weighted by Crippen LogP contribution is -2.42. The maximum absolute atomic E-state index is 13.4. The molecule has 0 N–H and O–H groups in total. The number of hydrogen-bond acceptors (Lipinski definition) is 4. The fourth-order valence-corrected chi connectivity index (χ4v) is 3.94. The smallest absolute Gasteiger partial charge is 0.230 e. The van der Waals surface area contributed by atoms with Gasteiger partial charge in [-0.1, -0.05) is 12.1 Å². The Labute approximate surface area is 160 Å². The van der Waals surface area contributed by atoms with E-state index in [1.807, 2.05) is 36.9 Å². The van der Waals surface area contributed by atoms with Gasteiger partial charge in [0, 0.05) is 30.9 Å². The van der Waals surface area contributed by atoms with Gasteiger partial charge in [-0.3, -0.25) is 9.48 Å². The van der Waals surface area contributed by atoms with Crippen molar-refractivity contribution >= 4 is 5.91 Å². The number of ether oxygens (including phenoxy) is 2. The lowest BCUT2D eigenvalue weighted by Gasteiger charge is -2.31. The maximum Gasteiger partial charge on any atom is 0.230 e. The number of amides is 1. The molecule has 0 bridgehead atoms. The zero-order valence-corrected chi connectivity index (χ0v) is 16.5. The molecule has 6 heteroatoms. The molecule has 2 heterocycles. The minimum Gasteiger partial charge on any atom is -0.493 e. The number of carbonyl (C=O) groups excluding carboxylic acids is 1. The summed E-state index contributed by atoms with van der Waals surface area (Å²) >= 11 is 0. The van der Waals surface area contributed by atoms with Crippen LogP contribution in [0.1, 0.15) is 35.4 Å². The SMILES string of the molecule is COc1cccc2c1OC[C@@H](C(=O)N(Cc1c(C)nn(C)c1C)C1CC1)C2. The highest BCUT2D eigenvalue weighted by Gasteiger charge is 2.38. The second-order valence-corrected chi connectivity index (χ2v) is 7.63. The van der Waals surface area contributed by atoms with Crippen LogP contribution in [0.15, 0.2) is 18.2 Å². The number of aryl methyl sites for hydroxylation is 2. The molecule has 4 rings (SSSR count). The van der Waals surface area contributed by atoms with Gasteiger partial charge in [0.15, 0.2) is 11.5 Å². The maximum atomic E-state index is 13.4. The number of aromatic nitrogens is 2. The standard InChI is InChI=1S/C21H27N3O3/c1-13-18(14(2)23(3)22-13)11-24(17-8-9-17)21(25)16-10-15-6-5-7-19(26-4)20(15)27-12-16/h5-7,16-17H,8-12H2,1-4H3/t16-/m0/s1. The summed E-state index contributed by atoms with van der Waals surface area (Å²) in [6, 6.07) is 6.22. The minimum atomic E-state index is -0.150. The number of fused-ring (bicyclic) bond motifs is 1. The van der Waals surface area contributed by atoms with Gasteiger partial charge < -0.3 is 14.4 Å². The van der Waals surface area contributed by atoms with Crippen molar-refractivity contribution in [1.82, 2.24) is 14.7 Å². The summed E-state index contributed by atoms with van der Waals surface area (Å²) in [5.74, 6) is 1.55. The third kappa shape index (κ3) is 3.29. The monoisotopic (exact) mass is 369 g/mol. The molecule has 1 aromatic heterocycles. The van der Waals surface area contributed by atoms with Gasteiger partial charge in [0.1, 0.15) is 6.61 Å². The first-order valence-corrected chi connectivity index (χ1v) is 9.57. The molecule has 1 saturated carbocycles. The molecule has 1 atom stereocenters. The summed E-state index contributed by atoms with van der Waals surface area (Å²) in [7, 11) is 3.60. The van der Waals surface area contributed by atoms with Crippen LogP contribution in [-0.4, -0.2) is 40.3 Å². The van der Waals surface area contributed by atoms with Crippen molar-refractivity contribution in [3.05, 3.63) is 40.7 Å². The molecular formula is C21H27N3O3. The number of hydrogen-bond donors (Lipinski definition) is 0. The lowest BCUT2D eigenvalue weighted by molar-refractivity contribution is -0.138. The first kappa shape index (κ1) is 17.9. The Hall–Kier alpha value is -2.50. The Kier molecular flexibility index (Phi) is 4.58. The van der Waals surface area contributed by atoms with E-state index in [0.29, 0.717) is 25.6 Å². The van der Waals surface area contributed by atoms with Crippen LogP contribution in [0, 0.1) is 19.8 Å². The third-order valence-electron chi connectivity index (χ3n) is 5.78. The third-order valence-corrected chi connectivity index (χ3v) is 5.78. The van der Waals surface area contributed by atoms with Gasteiger partial charge in [0.05, 0.1) is 18.7 Å². The zero-order valence-electron chi connectivity index (χ0n) is 16.5. The van der Waals surface area contributed by atoms with E-state index in [-0.39, 0.29) is 11.8 Å². The Balaban J connectivity index is 1.55. The number of para-hydroxylation sites is 1. The van der Waals surface area contributed by atoms with Gasteiger partial charge in [0.25, 0.3) is 0 Å². The van der Waals surface area contributed by atoms with Crippen molar-refractivity contribution in [2.45, 2.75) is 45.7 Å². The molecule has 0 radical (unpaired) electrons. The zero-order chi connectivity index (χ0) is 19.1. The molecule has 144 valence electrons. The van der Waals surface area contributed by atoms with E-state index in [4.69, 9.17) is 9.47 Å². The van der Waals surface area contributed by atoms with Gasteiger partial charge in [-0.15, -0.1) is 0 Å². The van der Waals surface area contributed by atoms with E-state index >= 15 is 0 Å². The number of benzene rings is 1. The summed E-state index contributed by atoms with van der Waals surface area (Å²) in [5, 5.41) is 4.50. The van der Waals surface area contributed by atoms with Crippen LogP contribution >= 0.6 is 0 Å². The molecule has 1 amide bonds. The van der Waals surface area contributed by atoms with Gasteiger partial charge in [0.2, 0.25) is 5.91 Å². The summed E-state index contributed by atoms with van der Waals surface area (Å²) < 4.78 is 13.2. The topological polar surface area (TPSA) is 56.6 Å². The summed E-state index contributed by atoms with van der Waals surface area (Å²) in [6.45, 7) is 5.12. The predicted molar refractivity (Wildman–Crippen MR) is 102 cm³/mol. The molecule has 2 aliphatic rings. The highest BCUT2D eigenvalue weighted by molar-refractivity contribution is 5.80. The average molecular weight is 369 g/mol. The fraction of sp³-hybridized carbons (Fsp3) is 0.524. The Bertz CT molecular complexity index is 870. The van der Waals surface area contributed by atoms with Crippen LogP contribution in [-0.2, 0) is 24.8 Å². The number of rotatable bonds is 5. The Morgan fingerprint density at radius 2 is 2.15 bits per heavy atom. The molecule has 2 aromatic rings. The van der Waals surface area contributed by atoms with E-state index < -0.39 is 0 Å². The van der Waals surface area contributed by atoms with E-state index in [1.165, 1.54) is 0 Å². The molecular weight excluding hydrogens is 342 g/mol. The molecule has 27 heavy (non-hydrogen) atoms. The fourth-order valence-electron chi connectivity index (χ4n) is 3.94. The predicted octanol–water partition coefficient (Wildman–Crippen LogP) is 2.79. The van der Waals surface area contributed by atoms with Crippen LogP contribution < -0.4 is 9.47 Å². The van der Waals surface area contributed by atoms with Crippen molar-refractivity contribution in [2.75, 3.05) is 13.7 Å². The first-order valence-electron chi connectivity index (χ1n) is 9.57. The normalized spacial score (nSPS) is 18.6.